The molecule has 6 nitrogen and oxygen atoms in total. The number of hydrogen-bond donors (Lipinski definition) is 2. The van der Waals surface area contributed by atoms with Gasteiger partial charge in [-0.25, -0.2) is 0 Å². The Morgan fingerprint density at radius 3 is 2.44 bits per heavy atom. The van der Waals surface area contributed by atoms with Crippen LogP contribution in [-0.4, -0.2) is 34.7 Å². The molecule has 0 saturated heterocycles. The number of carbonyl (C=O) groups excluding carboxylic acids is 2. The molecular formula is C19H26N4O2. The van der Waals surface area contributed by atoms with Crippen LogP contribution >= 0.6 is 0 Å². The molecule has 0 radical (unpaired) electrons. The van der Waals surface area contributed by atoms with Gasteiger partial charge in [0.2, 0.25) is 5.91 Å². The van der Waals surface area contributed by atoms with Crippen LogP contribution in [0.2, 0.25) is 0 Å². The van der Waals surface area contributed by atoms with Gasteiger partial charge in [0.1, 0.15) is 0 Å². The minimum Gasteiger partial charge on any atom is -0.354 e. The maximum atomic E-state index is 12.4. The predicted octanol–water partition coefficient (Wildman–Crippen LogP) is 2.00. The SMILES string of the molecule is CCc1c(C(=O)NCCNC(=O)C(C)C)cnn1Cc1ccccc1. The van der Waals surface area contributed by atoms with Crippen molar-refractivity contribution in [3.05, 3.63) is 53.3 Å². The standard InChI is InChI=1S/C19H26N4O2/c1-4-17-16(19(25)21-11-10-20-18(24)14(2)3)12-22-23(17)13-15-8-6-5-7-9-15/h5-9,12,14H,4,10-11,13H2,1-3H3,(H,20,24)(H,21,25). The van der Waals surface area contributed by atoms with E-state index >= 15 is 0 Å². The van der Waals surface area contributed by atoms with Gasteiger partial charge in [-0.15, -0.1) is 0 Å². The molecule has 25 heavy (non-hydrogen) atoms. The predicted molar refractivity (Wildman–Crippen MR) is 97.3 cm³/mol. The molecular weight excluding hydrogens is 316 g/mol. The van der Waals surface area contributed by atoms with Crippen LogP contribution in [0.5, 0.6) is 0 Å². The number of benzene rings is 1. The van der Waals surface area contributed by atoms with E-state index in [2.05, 4.69) is 15.7 Å². The van der Waals surface area contributed by atoms with Crippen LogP contribution in [0.15, 0.2) is 36.5 Å². The number of nitrogens with one attached hydrogen (secondary N) is 2. The zero-order chi connectivity index (χ0) is 18.2. The highest BCUT2D eigenvalue weighted by Crippen LogP contribution is 2.12. The fourth-order valence-electron chi connectivity index (χ4n) is 2.53. The van der Waals surface area contributed by atoms with E-state index in [-0.39, 0.29) is 17.7 Å². The highest BCUT2D eigenvalue weighted by molar-refractivity contribution is 5.95. The number of rotatable bonds is 8. The van der Waals surface area contributed by atoms with Crippen molar-refractivity contribution in [3.8, 4) is 0 Å². The first kappa shape index (κ1) is 18.7. The van der Waals surface area contributed by atoms with Gasteiger partial charge in [-0.2, -0.15) is 5.10 Å². The van der Waals surface area contributed by atoms with E-state index in [9.17, 15) is 9.59 Å². The molecule has 2 rings (SSSR count). The molecule has 0 saturated carbocycles. The molecule has 134 valence electrons. The minimum atomic E-state index is -0.157. The van der Waals surface area contributed by atoms with Crippen molar-refractivity contribution in [2.45, 2.75) is 33.7 Å². The normalized spacial score (nSPS) is 10.7. The number of aromatic nitrogens is 2. The van der Waals surface area contributed by atoms with Gasteiger partial charge < -0.3 is 10.6 Å². The monoisotopic (exact) mass is 342 g/mol. The second-order valence-corrected chi connectivity index (χ2v) is 6.20. The zero-order valence-corrected chi connectivity index (χ0v) is 15.1. The molecule has 0 bridgehead atoms. The van der Waals surface area contributed by atoms with Crippen LogP contribution < -0.4 is 10.6 Å². The van der Waals surface area contributed by atoms with Crippen LogP contribution in [0.25, 0.3) is 0 Å². The van der Waals surface area contributed by atoms with Gasteiger partial charge >= 0.3 is 0 Å². The van der Waals surface area contributed by atoms with Crippen LogP contribution in [-0.2, 0) is 17.8 Å². The van der Waals surface area contributed by atoms with E-state index in [1.54, 1.807) is 6.20 Å². The third kappa shape index (κ3) is 5.17. The lowest BCUT2D eigenvalue weighted by atomic mass is 10.1. The molecule has 0 aliphatic heterocycles. The Hall–Kier alpha value is -2.63. The molecule has 6 heteroatoms. The van der Waals surface area contributed by atoms with Crippen LogP contribution in [0.3, 0.4) is 0 Å². The molecule has 0 atom stereocenters. The van der Waals surface area contributed by atoms with E-state index in [0.717, 1.165) is 17.7 Å². The molecule has 0 spiro atoms. The first-order valence-corrected chi connectivity index (χ1v) is 8.67. The average molecular weight is 342 g/mol. The quantitative estimate of drug-likeness (QED) is 0.721. The van der Waals surface area contributed by atoms with Crippen molar-refractivity contribution in [3.63, 3.8) is 0 Å². The maximum absolute atomic E-state index is 12.4. The summed E-state index contributed by atoms with van der Waals surface area (Å²) in [5.41, 5.74) is 2.64. The molecule has 0 aliphatic carbocycles. The summed E-state index contributed by atoms with van der Waals surface area (Å²) in [5.74, 6) is -0.229. The van der Waals surface area contributed by atoms with Gasteiger partial charge in [0.25, 0.3) is 5.91 Å². The van der Waals surface area contributed by atoms with Crippen molar-refractivity contribution in [2.24, 2.45) is 5.92 Å². The number of nitrogens with zero attached hydrogens (tertiary/aromatic N) is 2. The van der Waals surface area contributed by atoms with E-state index in [0.29, 0.717) is 25.2 Å². The van der Waals surface area contributed by atoms with Crippen molar-refractivity contribution in [1.82, 2.24) is 20.4 Å². The zero-order valence-electron chi connectivity index (χ0n) is 15.1. The highest BCUT2D eigenvalue weighted by atomic mass is 16.2. The second-order valence-electron chi connectivity index (χ2n) is 6.20. The van der Waals surface area contributed by atoms with E-state index in [1.807, 2.05) is 55.8 Å². The van der Waals surface area contributed by atoms with Gasteiger partial charge in [0.05, 0.1) is 24.0 Å². The summed E-state index contributed by atoms with van der Waals surface area (Å²) in [6.07, 6.45) is 2.34. The Labute approximate surface area is 148 Å². The van der Waals surface area contributed by atoms with Crippen molar-refractivity contribution in [2.75, 3.05) is 13.1 Å². The maximum Gasteiger partial charge on any atom is 0.254 e. The molecule has 1 aromatic heterocycles. The van der Waals surface area contributed by atoms with Crippen LogP contribution in [0.4, 0.5) is 0 Å². The largest absolute Gasteiger partial charge is 0.354 e. The van der Waals surface area contributed by atoms with Gasteiger partial charge in [-0.3, -0.25) is 14.3 Å². The van der Waals surface area contributed by atoms with Gasteiger partial charge in [-0.05, 0) is 12.0 Å². The fourth-order valence-corrected chi connectivity index (χ4v) is 2.53. The average Bonchev–Trinajstić information content (AvgIpc) is 3.01. The Bertz CT molecular complexity index is 707. The summed E-state index contributed by atoms with van der Waals surface area (Å²) in [4.78, 5) is 23.9. The van der Waals surface area contributed by atoms with Crippen molar-refractivity contribution >= 4 is 11.8 Å². The van der Waals surface area contributed by atoms with E-state index < -0.39 is 0 Å². The van der Waals surface area contributed by atoms with Gasteiger partial charge in [0, 0.05) is 19.0 Å². The molecule has 0 aliphatic rings. The van der Waals surface area contributed by atoms with Crippen LogP contribution in [0.1, 0.15) is 42.4 Å². The second kappa shape index (κ2) is 9.01. The summed E-state index contributed by atoms with van der Waals surface area (Å²) in [5, 5.41) is 9.99. The number of amides is 2. The summed E-state index contributed by atoms with van der Waals surface area (Å²) in [7, 11) is 0. The minimum absolute atomic E-state index is 0.0147. The third-order valence-electron chi connectivity index (χ3n) is 3.94. The Morgan fingerprint density at radius 2 is 1.80 bits per heavy atom. The molecule has 2 aromatic rings. The van der Waals surface area contributed by atoms with Crippen LogP contribution in [0, 0.1) is 5.92 Å². The Morgan fingerprint density at radius 1 is 1.12 bits per heavy atom. The van der Waals surface area contributed by atoms with Gasteiger partial charge in [-0.1, -0.05) is 51.1 Å². The topological polar surface area (TPSA) is 76.0 Å². The number of hydrogen-bond acceptors (Lipinski definition) is 3. The Kier molecular flexibility index (Phi) is 6.74. The molecule has 2 N–H and O–H groups in total. The molecule has 1 aromatic carbocycles. The number of carbonyl (C=O) groups is 2. The first-order valence-electron chi connectivity index (χ1n) is 8.67. The first-order chi connectivity index (χ1) is 12.0. The highest BCUT2D eigenvalue weighted by Gasteiger charge is 2.16. The molecule has 2 amide bonds. The Balaban J connectivity index is 1.95. The van der Waals surface area contributed by atoms with Crippen molar-refractivity contribution in [1.29, 1.82) is 0 Å². The van der Waals surface area contributed by atoms with Gasteiger partial charge in [0.15, 0.2) is 0 Å². The lowest BCUT2D eigenvalue weighted by Gasteiger charge is -2.10. The molecule has 0 fully saturated rings. The summed E-state index contributed by atoms with van der Waals surface area (Å²) >= 11 is 0. The smallest absolute Gasteiger partial charge is 0.254 e. The van der Waals surface area contributed by atoms with E-state index in [1.165, 1.54) is 0 Å². The third-order valence-corrected chi connectivity index (χ3v) is 3.94. The van der Waals surface area contributed by atoms with Crippen molar-refractivity contribution < 1.29 is 9.59 Å². The lowest BCUT2D eigenvalue weighted by Crippen LogP contribution is -2.36. The lowest BCUT2D eigenvalue weighted by molar-refractivity contribution is -0.123. The molecule has 1 heterocycles. The fraction of sp³-hybridized carbons (Fsp3) is 0.421. The summed E-state index contributed by atoms with van der Waals surface area (Å²) in [6, 6.07) is 10.0. The molecule has 0 unspecified atom stereocenters. The van der Waals surface area contributed by atoms with E-state index in [4.69, 9.17) is 0 Å². The summed E-state index contributed by atoms with van der Waals surface area (Å²) in [6.45, 7) is 7.14. The summed E-state index contributed by atoms with van der Waals surface area (Å²) < 4.78 is 1.87.